The molecule has 1 amide bonds. The highest BCUT2D eigenvalue weighted by Gasteiger charge is 2.17. The van der Waals surface area contributed by atoms with Crippen LogP contribution in [0.1, 0.15) is 29.8 Å². The van der Waals surface area contributed by atoms with Gasteiger partial charge in [0.15, 0.2) is 0 Å². The van der Waals surface area contributed by atoms with Crippen LogP contribution < -0.4 is 4.72 Å². The molecule has 24 heavy (non-hydrogen) atoms. The predicted molar refractivity (Wildman–Crippen MR) is 91.9 cm³/mol. The van der Waals surface area contributed by atoms with E-state index in [0.717, 1.165) is 5.56 Å². The standard InChI is InChI=1S/C17H21N3O3S/c1-13(2)19-24(22,23)16-6-4-15(5-7-16)17(21)20(3)12-14-8-10-18-11-9-14/h4-11,13,19H,12H2,1-3H3. The third-order valence-corrected chi connectivity index (χ3v) is 4.99. The molecule has 0 bridgehead atoms. The fourth-order valence-electron chi connectivity index (χ4n) is 2.21. The highest BCUT2D eigenvalue weighted by Crippen LogP contribution is 2.13. The average molecular weight is 347 g/mol. The highest BCUT2D eigenvalue weighted by molar-refractivity contribution is 7.89. The molecular weight excluding hydrogens is 326 g/mol. The van der Waals surface area contributed by atoms with E-state index >= 15 is 0 Å². The van der Waals surface area contributed by atoms with Gasteiger partial charge in [-0.25, -0.2) is 13.1 Å². The Balaban J connectivity index is 2.11. The number of hydrogen-bond donors (Lipinski definition) is 1. The number of amides is 1. The number of hydrogen-bond acceptors (Lipinski definition) is 4. The second-order valence-corrected chi connectivity index (χ2v) is 7.53. The molecule has 0 aliphatic rings. The van der Waals surface area contributed by atoms with E-state index < -0.39 is 10.0 Å². The zero-order valence-corrected chi connectivity index (χ0v) is 14.7. The number of nitrogens with zero attached hydrogens (tertiary/aromatic N) is 2. The summed E-state index contributed by atoms with van der Waals surface area (Å²) in [6.07, 6.45) is 3.35. The lowest BCUT2D eigenvalue weighted by molar-refractivity contribution is 0.0785. The van der Waals surface area contributed by atoms with Crippen LogP contribution in [-0.2, 0) is 16.6 Å². The van der Waals surface area contributed by atoms with E-state index in [4.69, 9.17) is 0 Å². The fourth-order valence-corrected chi connectivity index (χ4v) is 3.46. The van der Waals surface area contributed by atoms with Crippen molar-refractivity contribution in [2.24, 2.45) is 0 Å². The summed E-state index contributed by atoms with van der Waals surface area (Å²) in [4.78, 5) is 18.1. The van der Waals surface area contributed by atoms with Crippen LogP contribution in [0.3, 0.4) is 0 Å². The smallest absolute Gasteiger partial charge is 0.253 e. The lowest BCUT2D eigenvalue weighted by atomic mass is 10.2. The summed E-state index contributed by atoms with van der Waals surface area (Å²) in [6.45, 7) is 3.96. The second kappa shape index (κ2) is 7.55. The first-order valence-electron chi connectivity index (χ1n) is 7.56. The minimum absolute atomic E-state index is 0.143. The van der Waals surface area contributed by atoms with Gasteiger partial charge in [0, 0.05) is 37.6 Å². The highest BCUT2D eigenvalue weighted by atomic mass is 32.2. The molecular formula is C17H21N3O3S. The van der Waals surface area contributed by atoms with Gasteiger partial charge >= 0.3 is 0 Å². The molecule has 0 saturated heterocycles. The Morgan fingerprint density at radius 2 is 1.71 bits per heavy atom. The first-order valence-corrected chi connectivity index (χ1v) is 9.04. The fraction of sp³-hybridized carbons (Fsp3) is 0.294. The average Bonchev–Trinajstić information content (AvgIpc) is 2.54. The Morgan fingerprint density at radius 1 is 1.12 bits per heavy atom. The molecule has 128 valence electrons. The summed E-state index contributed by atoms with van der Waals surface area (Å²) in [5, 5.41) is 0. The van der Waals surface area contributed by atoms with E-state index in [9.17, 15) is 13.2 Å². The van der Waals surface area contributed by atoms with Crippen LogP contribution >= 0.6 is 0 Å². The van der Waals surface area contributed by atoms with Crippen LogP contribution in [0.15, 0.2) is 53.7 Å². The lowest BCUT2D eigenvalue weighted by Crippen LogP contribution is -2.30. The molecule has 1 aromatic heterocycles. The van der Waals surface area contributed by atoms with Gasteiger partial charge in [-0.05, 0) is 55.8 Å². The number of sulfonamides is 1. The van der Waals surface area contributed by atoms with Crippen LogP contribution in [-0.4, -0.2) is 37.3 Å². The van der Waals surface area contributed by atoms with E-state index in [-0.39, 0.29) is 16.8 Å². The van der Waals surface area contributed by atoms with Crippen molar-refractivity contribution < 1.29 is 13.2 Å². The van der Waals surface area contributed by atoms with Gasteiger partial charge in [0.2, 0.25) is 10.0 Å². The lowest BCUT2D eigenvalue weighted by Gasteiger charge is -2.17. The van der Waals surface area contributed by atoms with Crippen LogP contribution in [0.5, 0.6) is 0 Å². The van der Waals surface area contributed by atoms with Crippen molar-refractivity contribution in [1.82, 2.24) is 14.6 Å². The Kier molecular flexibility index (Phi) is 5.69. The molecule has 0 aliphatic carbocycles. The molecule has 1 aromatic carbocycles. The normalized spacial score (nSPS) is 11.5. The molecule has 2 aromatic rings. The number of rotatable bonds is 6. The maximum absolute atomic E-state index is 12.4. The molecule has 0 spiro atoms. The van der Waals surface area contributed by atoms with Gasteiger partial charge in [0.1, 0.15) is 0 Å². The molecule has 1 N–H and O–H groups in total. The Hall–Kier alpha value is -2.25. The number of carbonyl (C=O) groups is 1. The summed E-state index contributed by atoms with van der Waals surface area (Å²) in [5.74, 6) is -0.174. The molecule has 2 rings (SSSR count). The molecule has 0 unspecified atom stereocenters. The van der Waals surface area contributed by atoms with Crippen LogP contribution in [0.4, 0.5) is 0 Å². The zero-order valence-electron chi connectivity index (χ0n) is 13.9. The second-order valence-electron chi connectivity index (χ2n) is 5.82. The summed E-state index contributed by atoms with van der Waals surface area (Å²) in [5.41, 5.74) is 1.41. The number of pyridine rings is 1. The zero-order chi connectivity index (χ0) is 17.7. The predicted octanol–water partition coefficient (Wildman–Crippen LogP) is 2.04. The maximum atomic E-state index is 12.4. The molecule has 0 saturated carbocycles. The first-order chi connectivity index (χ1) is 11.3. The third kappa shape index (κ3) is 4.62. The minimum atomic E-state index is -3.55. The molecule has 0 aliphatic heterocycles. The van der Waals surface area contributed by atoms with Crippen molar-refractivity contribution in [3.05, 3.63) is 59.9 Å². The Labute approximate surface area is 142 Å². The quantitative estimate of drug-likeness (QED) is 0.867. The van der Waals surface area contributed by atoms with Crippen LogP contribution in [0, 0.1) is 0 Å². The van der Waals surface area contributed by atoms with Crippen molar-refractivity contribution in [3.8, 4) is 0 Å². The molecule has 0 atom stereocenters. The van der Waals surface area contributed by atoms with Crippen LogP contribution in [0.2, 0.25) is 0 Å². The summed E-state index contributed by atoms with van der Waals surface area (Å²) in [7, 11) is -1.85. The van der Waals surface area contributed by atoms with Gasteiger partial charge in [-0.3, -0.25) is 9.78 Å². The number of benzene rings is 1. The van der Waals surface area contributed by atoms with Crippen LogP contribution in [0.25, 0.3) is 0 Å². The van der Waals surface area contributed by atoms with Crippen molar-refractivity contribution >= 4 is 15.9 Å². The van der Waals surface area contributed by atoms with Gasteiger partial charge in [-0.15, -0.1) is 0 Å². The van der Waals surface area contributed by atoms with Crippen molar-refractivity contribution in [1.29, 1.82) is 0 Å². The molecule has 6 nitrogen and oxygen atoms in total. The van der Waals surface area contributed by atoms with Gasteiger partial charge in [0.05, 0.1) is 4.90 Å². The van der Waals surface area contributed by atoms with E-state index in [1.54, 1.807) is 38.2 Å². The molecule has 0 radical (unpaired) electrons. The van der Waals surface area contributed by atoms with Crippen molar-refractivity contribution in [3.63, 3.8) is 0 Å². The van der Waals surface area contributed by atoms with Crippen molar-refractivity contribution in [2.45, 2.75) is 31.3 Å². The maximum Gasteiger partial charge on any atom is 0.253 e. The number of aromatic nitrogens is 1. The topological polar surface area (TPSA) is 79.4 Å². The largest absolute Gasteiger partial charge is 0.337 e. The minimum Gasteiger partial charge on any atom is -0.337 e. The SMILES string of the molecule is CC(C)NS(=O)(=O)c1ccc(C(=O)N(C)Cc2ccncc2)cc1. The van der Waals surface area contributed by atoms with Gasteiger partial charge in [-0.2, -0.15) is 0 Å². The van der Waals surface area contributed by atoms with Crippen molar-refractivity contribution in [2.75, 3.05) is 7.05 Å². The summed E-state index contributed by atoms with van der Waals surface area (Å²) in [6, 6.07) is 9.44. The van der Waals surface area contributed by atoms with Gasteiger partial charge in [-0.1, -0.05) is 0 Å². The molecule has 0 fully saturated rings. The first kappa shape index (κ1) is 18.1. The number of carbonyl (C=O) groups excluding carboxylic acids is 1. The Bertz CT molecular complexity index is 788. The number of nitrogens with one attached hydrogen (secondary N) is 1. The summed E-state index contributed by atoms with van der Waals surface area (Å²) < 4.78 is 26.7. The monoisotopic (exact) mass is 347 g/mol. The summed E-state index contributed by atoms with van der Waals surface area (Å²) >= 11 is 0. The van der Waals surface area contributed by atoms with E-state index in [0.29, 0.717) is 12.1 Å². The van der Waals surface area contributed by atoms with Gasteiger partial charge in [0.25, 0.3) is 5.91 Å². The third-order valence-electron chi connectivity index (χ3n) is 3.32. The van der Waals surface area contributed by atoms with Gasteiger partial charge < -0.3 is 4.90 Å². The van der Waals surface area contributed by atoms with E-state index in [1.165, 1.54) is 24.3 Å². The molecule has 7 heteroatoms. The van der Waals surface area contributed by atoms with E-state index in [1.807, 2.05) is 12.1 Å². The molecule has 1 heterocycles. The Morgan fingerprint density at radius 3 is 2.25 bits per heavy atom. The van der Waals surface area contributed by atoms with E-state index in [2.05, 4.69) is 9.71 Å².